The largest absolute Gasteiger partial charge is 0.379 e. The Labute approximate surface area is 93.0 Å². The predicted octanol–water partition coefficient (Wildman–Crippen LogP) is 1.22. The molecule has 88 valence electrons. The first-order valence-corrected chi connectivity index (χ1v) is 6.02. The molecule has 2 atom stereocenters. The number of likely N-dealkylation sites (tertiary alicyclic amines) is 1. The van der Waals surface area contributed by atoms with Crippen LogP contribution in [0.15, 0.2) is 0 Å². The minimum Gasteiger partial charge on any atom is -0.379 e. The van der Waals surface area contributed by atoms with Gasteiger partial charge in [0.05, 0.1) is 13.2 Å². The van der Waals surface area contributed by atoms with Gasteiger partial charge in [0, 0.05) is 23.5 Å². The van der Waals surface area contributed by atoms with Gasteiger partial charge >= 0.3 is 0 Å². The summed E-state index contributed by atoms with van der Waals surface area (Å²) in [6.07, 6.45) is 2.62. The van der Waals surface area contributed by atoms with Crippen molar-refractivity contribution in [2.75, 3.05) is 26.3 Å². The maximum Gasteiger partial charge on any atom is 0.0624 e. The highest BCUT2D eigenvalue weighted by Gasteiger charge is 2.43. The van der Waals surface area contributed by atoms with Gasteiger partial charge in [-0.15, -0.1) is 0 Å². The highest BCUT2D eigenvalue weighted by atomic mass is 16.5. The average molecular weight is 212 g/mol. The Hall–Kier alpha value is -0.120. The van der Waals surface area contributed by atoms with Gasteiger partial charge in [-0.2, -0.15) is 0 Å². The van der Waals surface area contributed by atoms with E-state index in [9.17, 15) is 0 Å². The normalized spacial score (nSPS) is 41.2. The molecule has 0 spiro atoms. The second kappa shape index (κ2) is 3.72. The van der Waals surface area contributed by atoms with E-state index in [1.54, 1.807) is 0 Å². The molecule has 2 fully saturated rings. The highest BCUT2D eigenvalue weighted by Crippen LogP contribution is 2.35. The number of ether oxygens (including phenoxy) is 1. The first-order chi connectivity index (χ1) is 6.94. The second-order valence-corrected chi connectivity index (χ2v) is 6.11. The Morgan fingerprint density at radius 1 is 1.40 bits per heavy atom. The summed E-state index contributed by atoms with van der Waals surface area (Å²) in [6, 6.07) is 0.203. The van der Waals surface area contributed by atoms with Crippen LogP contribution in [0.3, 0.4) is 0 Å². The molecule has 0 amide bonds. The van der Waals surface area contributed by atoms with Gasteiger partial charge in [-0.25, -0.2) is 0 Å². The van der Waals surface area contributed by atoms with Gasteiger partial charge in [0.15, 0.2) is 0 Å². The van der Waals surface area contributed by atoms with Gasteiger partial charge in [-0.05, 0) is 33.2 Å². The Bertz CT molecular complexity index is 242. The van der Waals surface area contributed by atoms with Crippen molar-refractivity contribution in [3.63, 3.8) is 0 Å². The molecule has 0 aromatic heterocycles. The van der Waals surface area contributed by atoms with Crippen LogP contribution in [0.5, 0.6) is 0 Å². The molecule has 3 heteroatoms. The van der Waals surface area contributed by atoms with Crippen molar-refractivity contribution in [2.45, 2.75) is 45.2 Å². The van der Waals surface area contributed by atoms with Crippen molar-refractivity contribution in [1.82, 2.24) is 4.90 Å². The van der Waals surface area contributed by atoms with E-state index in [2.05, 4.69) is 25.7 Å². The van der Waals surface area contributed by atoms with Gasteiger partial charge < -0.3 is 10.5 Å². The lowest BCUT2D eigenvalue weighted by molar-refractivity contribution is 0.0836. The number of nitrogens with zero attached hydrogens (tertiary/aromatic N) is 1. The summed E-state index contributed by atoms with van der Waals surface area (Å²) in [4.78, 5) is 2.58. The van der Waals surface area contributed by atoms with Crippen molar-refractivity contribution in [3.8, 4) is 0 Å². The van der Waals surface area contributed by atoms with Gasteiger partial charge in [-0.1, -0.05) is 6.92 Å². The summed E-state index contributed by atoms with van der Waals surface area (Å²) in [5, 5.41) is 0. The molecule has 2 N–H and O–H groups in total. The van der Waals surface area contributed by atoms with E-state index in [0.29, 0.717) is 5.54 Å². The van der Waals surface area contributed by atoms with Gasteiger partial charge in [-0.3, -0.25) is 4.90 Å². The molecular formula is C12H24N2O. The SMILES string of the molecule is CC1(CN2CCCC2(C)C)COCC1N. The maximum atomic E-state index is 6.13. The zero-order chi connectivity index (χ0) is 11.1. The Kier molecular flexibility index (Phi) is 2.82. The Morgan fingerprint density at radius 3 is 2.60 bits per heavy atom. The molecule has 2 heterocycles. The molecule has 0 aromatic rings. The lowest BCUT2D eigenvalue weighted by Gasteiger charge is -2.39. The van der Waals surface area contributed by atoms with Gasteiger partial charge in [0.25, 0.3) is 0 Å². The van der Waals surface area contributed by atoms with E-state index in [-0.39, 0.29) is 11.5 Å². The second-order valence-electron chi connectivity index (χ2n) is 6.11. The maximum absolute atomic E-state index is 6.13. The van der Waals surface area contributed by atoms with E-state index in [1.807, 2.05) is 0 Å². The fraction of sp³-hybridized carbons (Fsp3) is 1.00. The molecular weight excluding hydrogens is 188 g/mol. The fourth-order valence-corrected chi connectivity index (χ4v) is 2.78. The fourth-order valence-electron chi connectivity index (χ4n) is 2.78. The molecule has 3 nitrogen and oxygen atoms in total. The standard InChI is InChI=1S/C12H24N2O/c1-11(2)5-4-6-14(11)8-12(3)9-15-7-10(12)13/h10H,4-9,13H2,1-3H3. The molecule has 2 unspecified atom stereocenters. The van der Waals surface area contributed by atoms with Crippen LogP contribution in [0.4, 0.5) is 0 Å². The molecule has 15 heavy (non-hydrogen) atoms. The van der Waals surface area contributed by atoms with E-state index in [0.717, 1.165) is 19.8 Å². The molecule has 2 saturated heterocycles. The molecule has 0 saturated carbocycles. The van der Waals surface area contributed by atoms with Crippen LogP contribution in [0.25, 0.3) is 0 Å². The smallest absolute Gasteiger partial charge is 0.0624 e. The molecule has 0 radical (unpaired) electrons. The highest BCUT2D eigenvalue weighted by molar-refractivity contribution is 4.97. The van der Waals surface area contributed by atoms with Crippen molar-refractivity contribution >= 4 is 0 Å². The molecule has 0 aliphatic carbocycles. The zero-order valence-electron chi connectivity index (χ0n) is 10.3. The van der Waals surface area contributed by atoms with E-state index < -0.39 is 0 Å². The first-order valence-electron chi connectivity index (χ1n) is 6.02. The predicted molar refractivity (Wildman–Crippen MR) is 61.8 cm³/mol. The van der Waals surface area contributed by atoms with Crippen LogP contribution in [0.2, 0.25) is 0 Å². The quantitative estimate of drug-likeness (QED) is 0.748. The van der Waals surface area contributed by atoms with Crippen LogP contribution >= 0.6 is 0 Å². The van der Waals surface area contributed by atoms with E-state index in [4.69, 9.17) is 10.5 Å². The number of nitrogens with two attached hydrogens (primary N) is 1. The third-order valence-electron chi connectivity index (χ3n) is 4.25. The van der Waals surface area contributed by atoms with Crippen molar-refractivity contribution in [2.24, 2.45) is 11.1 Å². The van der Waals surface area contributed by atoms with Crippen LogP contribution < -0.4 is 5.73 Å². The lowest BCUT2D eigenvalue weighted by Crippen LogP contribution is -2.50. The summed E-state index contributed by atoms with van der Waals surface area (Å²) in [5.74, 6) is 0. The monoisotopic (exact) mass is 212 g/mol. The third kappa shape index (κ3) is 2.05. The summed E-state index contributed by atoms with van der Waals surface area (Å²) < 4.78 is 5.50. The van der Waals surface area contributed by atoms with Crippen molar-refractivity contribution < 1.29 is 4.74 Å². The Morgan fingerprint density at radius 2 is 2.13 bits per heavy atom. The summed E-state index contributed by atoms with van der Waals surface area (Å²) in [5.41, 5.74) is 6.64. The number of hydrogen-bond acceptors (Lipinski definition) is 3. The molecule has 2 aliphatic rings. The molecule has 0 aromatic carbocycles. The Balaban J connectivity index is 2.02. The zero-order valence-corrected chi connectivity index (χ0v) is 10.3. The minimum absolute atomic E-state index is 0.154. The number of rotatable bonds is 2. The average Bonchev–Trinajstić information content (AvgIpc) is 2.60. The topological polar surface area (TPSA) is 38.5 Å². The van der Waals surface area contributed by atoms with Crippen molar-refractivity contribution in [1.29, 1.82) is 0 Å². The first kappa shape index (κ1) is 11.4. The van der Waals surface area contributed by atoms with Crippen LogP contribution in [-0.2, 0) is 4.74 Å². The summed E-state index contributed by atoms with van der Waals surface area (Å²) >= 11 is 0. The summed E-state index contributed by atoms with van der Waals surface area (Å²) in [6.45, 7) is 10.8. The molecule has 0 bridgehead atoms. The minimum atomic E-state index is 0.154. The van der Waals surface area contributed by atoms with Gasteiger partial charge in [0.1, 0.15) is 0 Å². The van der Waals surface area contributed by atoms with Crippen molar-refractivity contribution in [3.05, 3.63) is 0 Å². The molecule has 2 aliphatic heterocycles. The van der Waals surface area contributed by atoms with Gasteiger partial charge in [0.2, 0.25) is 0 Å². The lowest BCUT2D eigenvalue weighted by atomic mass is 9.84. The number of hydrogen-bond donors (Lipinski definition) is 1. The van der Waals surface area contributed by atoms with E-state index in [1.165, 1.54) is 19.4 Å². The molecule has 2 rings (SSSR count). The van der Waals surface area contributed by atoms with Crippen LogP contribution in [-0.4, -0.2) is 42.8 Å². The summed E-state index contributed by atoms with van der Waals surface area (Å²) in [7, 11) is 0. The third-order valence-corrected chi connectivity index (χ3v) is 4.25. The van der Waals surface area contributed by atoms with E-state index >= 15 is 0 Å². The van der Waals surface area contributed by atoms with Crippen LogP contribution in [0, 0.1) is 5.41 Å². The van der Waals surface area contributed by atoms with Crippen LogP contribution in [0.1, 0.15) is 33.6 Å².